The van der Waals surface area contributed by atoms with Gasteiger partial charge in [0.25, 0.3) is 9.04 Å². The minimum Gasteiger partial charge on any atom is -0.539 e. The molecule has 0 bridgehead atoms. The van der Waals surface area contributed by atoms with Gasteiger partial charge in [-0.1, -0.05) is 12.1 Å². The Hall–Kier alpha value is -4.27. The number of benzene rings is 2. The zero-order valence-electron chi connectivity index (χ0n) is 20.7. The minimum atomic E-state index is -1.30. The largest absolute Gasteiger partial charge is 0.539 e. The van der Waals surface area contributed by atoms with Gasteiger partial charge >= 0.3 is 0 Å². The lowest BCUT2D eigenvalue weighted by atomic mass is 10.1. The molecule has 1 aliphatic rings. The Morgan fingerprint density at radius 2 is 1.95 bits per heavy atom. The first-order chi connectivity index (χ1) is 18.1. The van der Waals surface area contributed by atoms with Crippen LogP contribution in [0.2, 0.25) is 6.55 Å². The second-order valence-electron chi connectivity index (χ2n) is 8.83. The van der Waals surface area contributed by atoms with Crippen LogP contribution in [0.15, 0.2) is 61.4 Å². The summed E-state index contributed by atoms with van der Waals surface area (Å²) >= 11 is 0. The fourth-order valence-corrected chi connectivity index (χ4v) is 5.03. The zero-order valence-corrected chi connectivity index (χ0v) is 21.7. The van der Waals surface area contributed by atoms with Crippen molar-refractivity contribution in [2.24, 2.45) is 0 Å². The van der Waals surface area contributed by atoms with E-state index >= 15 is 0 Å². The van der Waals surface area contributed by atoms with Gasteiger partial charge < -0.3 is 19.8 Å². The highest BCUT2D eigenvalue weighted by molar-refractivity contribution is 6.49. The highest BCUT2D eigenvalue weighted by Gasteiger charge is 2.20. The fourth-order valence-electron chi connectivity index (χ4n) is 3.80. The van der Waals surface area contributed by atoms with Gasteiger partial charge in [-0.3, -0.25) is 4.68 Å². The summed E-state index contributed by atoms with van der Waals surface area (Å²) in [6.07, 6.45) is 9.76. The SMILES string of the molecule is COc1cc(CNC2CC2)ccc1Nc1ncc(-c2ccc(C#N)c(O[Si](C)Cn3cncn3)c2)cn1. The van der Waals surface area contributed by atoms with Crippen molar-refractivity contribution in [1.82, 2.24) is 30.0 Å². The van der Waals surface area contributed by atoms with E-state index in [2.05, 4.69) is 42.8 Å². The van der Waals surface area contributed by atoms with Crippen LogP contribution in [0.3, 0.4) is 0 Å². The van der Waals surface area contributed by atoms with Gasteiger partial charge in [0, 0.05) is 30.5 Å². The molecule has 2 aromatic carbocycles. The van der Waals surface area contributed by atoms with E-state index < -0.39 is 9.04 Å². The smallest absolute Gasteiger partial charge is 0.300 e. The van der Waals surface area contributed by atoms with E-state index in [-0.39, 0.29) is 0 Å². The average molecular weight is 512 g/mol. The summed E-state index contributed by atoms with van der Waals surface area (Å²) in [4.78, 5) is 12.9. The lowest BCUT2D eigenvalue weighted by molar-refractivity contribution is 0.416. The van der Waals surface area contributed by atoms with Crippen LogP contribution in [0.4, 0.5) is 11.6 Å². The van der Waals surface area contributed by atoms with Crippen LogP contribution in [0.5, 0.6) is 11.5 Å². The number of hydrogen-bond acceptors (Lipinski definition) is 9. The van der Waals surface area contributed by atoms with Gasteiger partial charge in [-0.25, -0.2) is 15.0 Å². The maximum absolute atomic E-state index is 9.55. The lowest BCUT2D eigenvalue weighted by Crippen LogP contribution is -2.25. The van der Waals surface area contributed by atoms with Crippen molar-refractivity contribution in [2.45, 2.75) is 38.1 Å². The quantitative estimate of drug-likeness (QED) is 0.289. The van der Waals surface area contributed by atoms with Gasteiger partial charge in [-0.15, -0.1) is 0 Å². The monoisotopic (exact) mass is 511 g/mol. The van der Waals surface area contributed by atoms with Crippen LogP contribution >= 0.6 is 0 Å². The summed E-state index contributed by atoms with van der Waals surface area (Å²) in [5.41, 5.74) is 4.12. The molecule has 1 fully saturated rings. The Kier molecular flexibility index (Phi) is 7.39. The van der Waals surface area contributed by atoms with Crippen molar-refractivity contribution in [2.75, 3.05) is 12.4 Å². The molecule has 0 aliphatic heterocycles. The third-order valence-corrected chi connectivity index (χ3v) is 7.24. The van der Waals surface area contributed by atoms with Crippen LogP contribution in [0.1, 0.15) is 24.0 Å². The van der Waals surface area contributed by atoms with Gasteiger partial charge in [-0.05, 0) is 54.8 Å². The van der Waals surface area contributed by atoms with Crippen molar-refractivity contribution < 1.29 is 9.16 Å². The van der Waals surface area contributed by atoms with Crippen molar-refractivity contribution in [3.8, 4) is 28.7 Å². The Labute approximate surface area is 217 Å². The number of methoxy groups -OCH3 is 1. The first kappa shape index (κ1) is 24.4. The Bertz CT molecular complexity index is 1380. The van der Waals surface area contributed by atoms with E-state index in [9.17, 15) is 5.26 Å². The number of nitrogens with one attached hydrogen (secondary N) is 2. The molecule has 0 spiro atoms. The summed E-state index contributed by atoms with van der Waals surface area (Å²) in [6.45, 7) is 2.85. The van der Waals surface area contributed by atoms with E-state index in [0.29, 0.717) is 29.5 Å². The van der Waals surface area contributed by atoms with Crippen LogP contribution in [-0.2, 0) is 12.7 Å². The molecule has 37 heavy (non-hydrogen) atoms. The maximum atomic E-state index is 9.55. The molecule has 0 amide bonds. The molecule has 5 rings (SSSR count). The lowest BCUT2D eigenvalue weighted by Gasteiger charge is -2.15. The fraction of sp³-hybridized carbons (Fsp3) is 0.269. The normalized spacial score (nSPS) is 12.8. The second kappa shape index (κ2) is 11.2. The van der Waals surface area contributed by atoms with Gasteiger partial charge in [0.05, 0.1) is 24.5 Å². The van der Waals surface area contributed by atoms with Crippen LogP contribution in [-0.4, -0.2) is 46.9 Å². The maximum Gasteiger partial charge on any atom is 0.300 e. The molecule has 1 aliphatic carbocycles. The summed E-state index contributed by atoms with van der Waals surface area (Å²) < 4.78 is 13.5. The molecule has 187 valence electrons. The van der Waals surface area contributed by atoms with Gasteiger partial charge in [0.15, 0.2) is 0 Å². The third kappa shape index (κ3) is 6.30. The molecular formula is C26H27N8O2Si. The number of hydrogen-bond donors (Lipinski definition) is 2. The molecule has 2 N–H and O–H groups in total. The number of aromatic nitrogens is 5. The van der Waals surface area contributed by atoms with Crippen molar-refractivity contribution in [1.29, 1.82) is 5.26 Å². The van der Waals surface area contributed by atoms with E-state index in [0.717, 1.165) is 29.1 Å². The van der Waals surface area contributed by atoms with Crippen molar-refractivity contribution in [3.05, 3.63) is 72.6 Å². The third-order valence-electron chi connectivity index (χ3n) is 5.91. The molecule has 1 radical (unpaired) electrons. The predicted molar refractivity (Wildman–Crippen MR) is 141 cm³/mol. The van der Waals surface area contributed by atoms with E-state index in [1.807, 2.05) is 30.8 Å². The first-order valence-corrected chi connectivity index (χ1v) is 14.1. The first-order valence-electron chi connectivity index (χ1n) is 12.0. The number of nitrogens with zero attached hydrogens (tertiary/aromatic N) is 6. The zero-order chi connectivity index (χ0) is 25.6. The molecule has 11 heteroatoms. The Balaban J connectivity index is 1.28. The van der Waals surface area contributed by atoms with Gasteiger partial charge in [0.2, 0.25) is 5.95 Å². The number of nitriles is 1. The molecule has 10 nitrogen and oxygen atoms in total. The summed E-state index contributed by atoms with van der Waals surface area (Å²) in [5.74, 6) is 1.74. The Morgan fingerprint density at radius 1 is 1.11 bits per heavy atom. The number of anilines is 2. The van der Waals surface area contributed by atoms with Crippen LogP contribution < -0.4 is 19.8 Å². The molecule has 1 saturated carbocycles. The second-order valence-corrected chi connectivity index (χ2v) is 10.8. The predicted octanol–water partition coefficient (Wildman–Crippen LogP) is 3.85. The average Bonchev–Trinajstić information content (AvgIpc) is 3.62. The van der Waals surface area contributed by atoms with E-state index in [4.69, 9.17) is 9.16 Å². The standard InChI is InChI=1S/C26H27N8O2Si/c1-35-25-9-18(12-29-22-6-7-22)3-8-23(25)33-26-30-13-21(14-31-26)19-4-5-20(11-27)24(10-19)36-37(2)17-34-16-28-15-32-34/h3-5,8-10,13-16,22,29H,6-7,12,17H2,1-2H3,(H,30,31,33). The van der Waals surface area contributed by atoms with E-state index in [1.54, 1.807) is 36.6 Å². The molecule has 2 heterocycles. The molecular weight excluding hydrogens is 484 g/mol. The van der Waals surface area contributed by atoms with Crippen LogP contribution in [0.25, 0.3) is 11.1 Å². The molecule has 0 saturated heterocycles. The summed E-state index contributed by atoms with van der Waals surface area (Å²) in [6, 6.07) is 14.4. The molecule has 0 unspecified atom stereocenters. The topological polar surface area (TPSA) is 123 Å². The van der Waals surface area contributed by atoms with Crippen molar-refractivity contribution in [3.63, 3.8) is 0 Å². The van der Waals surface area contributed by atoms with Gasteiger partial charge in [0.1, 0.15) is 30.2 Å². The number of ether oxygens (including phenoxy) is 1. The molecule has 2 aromatic heterocycles. The van der Waals surface area contributed by atoms with E-state index in [1.165, 1.54) is 24.7 Å². The summed E-state index contributed by atoms with van der Waals surface area (Å²) in [5, 5.41) is 20.4. The Morgan fingerprint density at radius 3 is 2.65 bits per heavy atom. The molecule has 4 aromatic rings. The van der Waals surface area contributed by atoms with Crippen LogP contribution in [0, 0.1) is 11.3 Å². The minimum absolute atomic E-state index is 0.461. The van der Waals surface area contributed by atoms with Gasteiger partial charge in [-0.2, -0.15) is 10.4 Å². The number of rotatable bonds is 11. The van der Waals surface area contributed by atoms with Crippen molar-refractivity contribution >= 4 is 20.7 Å². The highest BCUT2D eigenvalue weighted by atomic mass is 28.3. The highest BCUT2D eigenvalue weighted by Crippen LogP contribution is 2.30. The summed E-state index contributed by atoms with van der Waals surface area (Å²) in [7, 11) is 0.357. The molecule has 0 atom stereocenters.